The fourth-order valence-electron chi connectivity index (χ4n) is 3.34. The molecule has 4 radical (unpaired) electrons. The van der Waals surface area contributed by atoms with Gasteiger partial charge in [-0.15, -0.1) is 0 Å². The minimum absolute atomic E-state index is 0. The first-order valence-corrected chi connectivity index (χ1v) is 6.86. The maximum absolute atomic E-state index is 2.35. The molecule has 0 spiro atoms. The van der Waals surface area contributed by atoms with Gasteiger partial charge in [0.2, 0.25) is 0 Å². The molecule has 0 aliphatic heterocycles. The summed E-state index contributed by atoms with van der Waals surface area (Å²) in [6.45, 7) is 0. The van der Waals surface area contributed by atoms with Gasteiger partial charge in [-0.2, -0.15) is 0 Å². The summed E-state index contributed by atoms with van der Waals surface area (Å²) < 4.78 is 0. The van der Waals surface area contributed by atoms with E-state index in [1.54, 1.807) is 11.1 Å². The van der Waals surface area contributed by atoms with Gasteiger partial charge in [-0.3, -0.25) is 0 Å². The van der Waals surface area contributed by atoms with Gasteiger partial charge in [-0.25, -0.2) is 0 Å². The Balaban J connectivity index is 0.00000110. The second kappa shape index (κ2) is 5.01. The first kappa shape index (κ1) is 12.7. The predicted molar refractivity (Wildman–Crippen MR) is 83.9 cm³/mol. The maximum atomic E-state index is 2.35. The molecule has 1 aliphatic rings. The molecular formula is C18H16Ge. The van der Waals surface area contributed by atoms with Crippen LogP contribution in [0.2, 0.25) is 0 Å². The van der Waals surface area contributed by atoms with Crippen molar-refractivity contribution < 1.29 is 0 Å². The third-order valence-corrected chi connectivity index (χ3v) is 4.26. The number of aryl methyl sites for hydroxylation is 2. The molecular weight excluding hydrogens is 289 g/mol. The van der Waals surface area contributed by atoms with E-state index in [0.717, 1.165) is 0 Å². The Morgan fingerprint density at radius 3 is 2.37 bits per heavy atom. The van der Waals surface area contributed by atoms with Crippen molar-refractivity contribution in [3.8, 4) is 0 Å². The van der Waals surface area contributed by atoms with E-state index in [1.165, 1.54) is 47.2 Å². The Bertz CT molecular complexity index is 743. The first-order chi connectivity index (χ1) is 8.93. The number of hydrogen-bond donors (Lipinski definition) is 0. The van der Waals surface area contributed by atoms with E-state index in [9.17, 15) is 0 Å². The molecule has 3 aromatic carbocycles. The quantitative estimate of drug-likeness (QED) is 0.424. The Labute approximate surface area is 124 Å². The van der Waals surface area contributed by atoms with Crippen molar-refractivity contribution in [3.63, 3.8) is 0 Å². The van der Waals surface area contributed by atoms with Gasteiger partial charge in [0.05, 0.1) is 0 Å². The zero-order valence-electron chi connectivity index (χ0n) is 10.9. The van der Waals surface area contributed by atoms with Crippen LogP contribution in [0.3, 0.4) is 0 Å². The summed E-state index contributed by atoms with van der Waals surface area (Å²) in [7, 11) is 0. The molecule has 3 aromatic rings. The molecule has 92 valence electrons. The molecule has 0 amide bonds. The van der Waals surface area contributed by atoms with Crippen LogP contribution >= 0.6 is 0 Å². The summed E-state index contributed by atoms with van der Waals surface area (Å²) in [5, 5.41) is 5.64. The normalized spacial score (nSPS) is 14.1. The Morgan fingerprint density at radius 1 is 0.632 bits per heavy atom. The smallest absolute Gasteiger partial charge is 0 e. The number of rotatable bonds is 0. The predicted octanol–water partition coefficient (Wildman–Crippen LogP) is 4.49. The fourth-order valence-corrected chi connectivity index (χ4v) is 3.34. The third kappa shape index (κ3) is 1.99. The molecule has 0 bridgehead atoms. The molecule has 0 fully saturated rings. The topological polar surface area (TPSA) is 0 Å². The van der Waals surface area contributed by atoms with Gasteiger partial charge in [-0.05, 0) is 58.4 Å². The van der Waals surface area contributed by atoms with Crippen LogP contribution in [0.1, 0.15) is 24.0 Å². The number of fused-ring (bicyclic) bond motifs is 5. The van der Waals surface area contributed by atoms with Gasteiger partial charge in [0.15, 0.2) is 0 Å². The molecule has 19 heavy (non-hydrogen) atoms. The SMILES string of the molecule is [Ge].c1ccc2c(c1)ccc1c3c(ccc12)CCCC3. The maximum Gasteiger partial charge on any atom is 0 e. The van der Waals surface area contributed by atoms with Crippen molar-refractivity contribution in [2.24, 2.45) is 0 Å². The number of hydrogen-bond acceptors (Lipinski definition) is 0. The summed E-state index contributed by atoms with van der Waals surface area (Å²) in [4.78, 5) is 0. The summed E-state index contributed by atoms with van der Waals surface area (Å²) in [6.07, 6.45) is 5.22. The Hall–Kier alpha value is -1.28. The van der Waals surface area contributed by atoms with Crippen molar-refractivity contribution in [2.75, 3.05) is 0 Å². The molecule has 0 atom stereocenters. The first-order valence-electron chi connectivity index (χ1n) is 6.86. The standard InChI is InChI=1S/C18H16.Ge/c1-3-7-15-13(5-1)9-11-18-16-8-4-2-6-14(16)10-12-17(15)18;/h1,3,5,7,9-12H,2,4,6,8H2;. The van der Waals surface area contributed by atoms with Gasteiger partial charge in [-0.1, -0.05) is 48.5 Å². The molecule has 0 saturated heterocycles. The van der Waals surface area contributed by atoms with Crippen LogP contribution in [-0.2, 0) is 12.8 Å². The summed E-state index contributed by atoms with van der Waals surface area (Å²) in [5.74, 6) is 0. The van der Waals surface area contributed by atoms with Crippen molar-refractivity contribution in [1.82, 2.24) is 0 Å². The van der Waals surface area contributed by atoms with Gasteiger partial charge in [0.25, 0.3) is 0 Å². The zero-order valence-corrected chi connectivity index (χ0v) is 13.0. The van der Waals surface area contributed by atoms with E-state index in [1.807, 2.05) is 0 Å². The summed E-state index contributed by atoms with van der Waals surface area (Å²) in [5.41, 5.74) is 3.17. The summed E-state index contributed by atoms with van der Waals surface area (Å²) >= 11 is 0. The Kier molecular flexibility index (Phi) is 3.36. The molecule has 0 N–H and O–H groups in total. The molecule has 0 nitrogen and oxygen atoms in total. The van der Waals surface area contributed by atoms with Crippen LogP contribution in [0.15, 0.2) is 48.5 Å². The molecule has 1 aliphatic carbocycles. The van der Waals surface area contributed by atoms with E-state index in [-0.39, 0.29) is 17.6 Å². The second-order valence-corrected chi connectivity index (χ2v) is 5.29. The van der Waals surface area contributed by atoms with Crippen molar-refractivity contribution in [2.45, 2.75) is 25.7 Å². The minimum Gasteiger partial charge on any atom is -0.0616 e. The van der Waals surface area contributed by atoms with Gasteiger partial charge >= 0.3 is 0 Å². The van der Waals surface area contributed by atoms with Crippen molar-refractivity contribution in [3.05, 3.63) is 59.7 Å². The van der Waals surface area contributed by atoms with E-state index < -0.39 is 0 Å². The van der Waals surface area contributed by atoms with E-state index >= 15 is 0 Å². The van der Waals surface area contributed by atoms with Crippen LogP contribution < -0.4 is 0 Å². The van der Waals surface area contributed by atoms with Crippen LogP contribution in [0.25, 0.3) is 21.5 Å². The molecule has 4 rings (SSSR count). The summed E-state index contributed by atoms with van der Waals surface area (Å²) in [6, 6.07) is 18.0. The number of benzene rings is 3. The van der Waals surface area contributed by atoms with E-state index in [2.05, 4.69) is 48.5 Å². The molecule has 0 unspecified atom stereocenters. The molecule has 0 aromatic heterocycles. The Morgan fingerprint density at radius 2 is 1.42 bits per heavy atom. The van der Waals surface area contributed by atoms with Crippen LogP contribution in [0.5, 0.6) is 0 Å². The minimum atomic E-state index is 0. The molecule has 0 saturated carbocycles. The fraction of sp³-hybridized carbons (Fsp3) is 0.222. The van der Waals surface area contributed by atoms with Crippen molar-refractivity contribution in [1.29, 1.82) is 0 Å². The van der Waals surface area contributed by atoms with Gasteiger partial charge in [0, 0.05) is 17.6 Å². The largest absolute Gasteiger partial charge is 0.0616 e. The average molecular weight is 305 g/mol. The van der Waals surface area contributed by atoms with E-state index in [0.29, 0.717) is 0 Å². The average Bonchev–Trinajstić information content (AvgIpc) is 2.46. The second-order valence-electron chi connectivity index (χ2n) is 5.29. The monoisotopic (exact) mass is 306 g/mol. The van der Waals surface area contributed by atoms with Crippen LogP contribution in [0.4, 0.5) is 0 Å². The molecule has 1 heteroatoms. The van der Waals surface area contributed by atoms with Crippen molar-refractivity contribution >= 4 is 39.1 Å². The molecule has 0 heterocycles. The third-order valence-electron chi connectivity index (χ3n) is 4.26. The van der Waals surface area contributed by atoms with E-state index in [4.69, 9.17) is 0 Å². The van der Waals surface area contributed by atoms with Crippen LogP contribution in [0, 0.1) is 0 Å². The zero-order chi connectivity index (χ0) is 11.9. The van der Waals surface area contributed by atoms with Gasteiger partial charge < -0.3 is 0 Å². The van der Waals surface area contributed by atoms with Gasteiger partial charge in [0.1, 0.15) is 0 Å². The van der Waals surface area contributed by atoms with Crippen LogP contribution in [-0.4, -0.2) is 17.6 Å².